The number of nitro benzene ring substituents is 1. The van der Waals surface area contributed by atoms with Crippen LogP contribution in [0.4, 0.5) is 5.69 Å². The summed E-state index contributed by atoms with van der Waals surface area (Å²) >= 11 is 0. The van der Waals surface area contributed by atoms with E-state index in [1.165, 1.54) is 6.07 Å². The van der Waals surface area contributed by atoms with Crippen molar-refractivity contribution in [2.45, 2.75) is 25.2 Å². The highest BCUT2D eigenvalue weighted by Crippen LogP contribution is 2.30. The molecule has 120 valence electrons. The molecule has 9 heteroatoms. The first-order chi connectivity index (χ1) is 10.1. The molecule has 1 aliphatic rings. The maximum Gasteiger partial charge on any atom is 0.307 e. The molecule has 2 rings (SSSR count). The lowest BCUT2D eigenvalue weighted by atomic mass is 10.1. The van der Waals surface area contributed by atoms with Crippen molar-refractivity contribution in [2.24, 2.45) is 5.92 Å². The summed E-state index contributed by atoms with van der Waals surface area (Å²) in [4.78, 5) is 21.1. The molecule has 1 saturated heterocycles. The monoisotopic (exact) mass is 328 g/mol. The number of carboxylic acids is 1. The highest BCUT2D eigenvalue weighted by Gasteiger charge is 2.37. The lowest BCUT2D eigenvalue weighted by Gasteiger charge is -2.18. The molecule has 1 aromatic rings. The van der Waals surface area contributed by atoms with E-state index in [1.807, 2.05) is 0 Å². The Hall–Kier alpha value is -2.00. The van der Waals surface area contributed by atoms with Gasteiger partial charge in [0, 0.05) is 25.2 Å². The Labute approximate surface area is 127 Å². The number of nitrogens with zero attached hydrogens (tertiary/aromatic N) is 2. The van der Waals surface area contributed by atoms with Crippen LogP contribution in [0.2, 0.25) is 0 Å². The largest absolute Gasteiger partial charge is 0.481 e. The minimum Gasteiger partial charge on any atom is -0.481 e. The van der Waals surface area contributed by atoms with E-state index in [0.29, 0.717) is 11.1 Å². The summed E-state index contributed by atoms with van der Waals surface area (Å²) in [6, 6.07) is 2.35. The molecular weight excluding hydrogens is 312 g/mol. The summed E-state index contributed by atoms with van der Waals surface area (Å²) < 4.78 is 26.4. The topological polar surface area (TPSA) is 118 Å². The van der Waals surface area contributed by atoms with Gasteiger partial charge in [0.05, 0.1) is 15.7 Å². The third kappa shape index (κ3) is 2.81. The highest BCUT2D eigenvalue weighted by molar-refractivity contribution is 7.89. The first-order valence-corrected chi connectivity index (χ1v) is 8.07. The van der Waals surface area contributed by atoms with Crippen molar-refractivity contribution in [3.8, 4) is 0 Å². The molecule has 22 heavy (non-hydrogen) atoms. The van der Waals surface area contributed by atoms with Gasteiger partial charge in [0.2, 0.25) is 10.0 Å². The van der Waals surface area contributed by atoms with Crippen LogP contribution in [-0.4, -0.2) is 41.8 Å². The lowest BCUT2D eigenvalue weighted by Crippen LogP contribution is -2.30. The quantitative estimate of drug-likeness (QED) is 0.657. The maximum absolute atomic E-state index is 12.7. The fraction of sp³-hybridized carbons (Fsp3) is 0.462. The molecule has 8 nitrogen and oxygen atoms in total. The molecule has 0 aliphatic carbocycles. The van der Waals surface area contributed by atoms with Crippen LogP contribution in [0, 0.1) is 29.9 Å². The zero-order chi connectivity index (χ0) is 16.7. The molecule has 1 unspecified atom stereocenters. The van der Waals surface area contributed by atoms with Gasteiger partial charge < -0.3 is 5.11 Å². The maximum atomic E-state index is 12.7. The Morgan fingerprint density at radius 1 is 1.41 bits per heavy atom. The number of hydrogen-bond donors (Lipinski definition) is 1. The van der Waals surface area contributed by atoms with Crippen molar-refractivity contribution >= 4 is 21.7 Å². The first-order valence-electron chi connectivity index (χ1n) is 6.63. The Morgan fingerprint density at radius 2 is 2.05 bits per heavy atom. The van der Waals surface area contributed by atoms with E-state index in [2.05, 4.69) is 0 Å². The Morgan fingerprint density at radius 3 is 2.55 bits per heavy atom. The van der Waals surface area contributed by atoms with Crippen molar-refractivity contribution in [3.05, 3.63) is 33.4 Å². The second-order valence-corrected chi connectivity index (χ2v) is 7.24. The molecule has 0 amide bonds. The standard InChI is InChI=1S/C13H16N2O6S/c1-8-5-11(15(18)19)6-12(9(8)2)22(20,21)14-4-3-10(7-14)13(16)17/h5-6,10H,3-4,7H2,1-2H3,(H,16,17). The van der Waals surface area contributed by atoms with Crippen LogP contribution in [0.3, 0.4) is 0 Å². The van der Waals surface area contributed by atoms with E-state index in [0.717, 1.165) is 10.4 Å². The van der Waals surface area contributed by atoms with Gasteiger partial charge in [-0.05, 0) is 31.4 Å². The molecule has 0 bridgehead atoms. The van der Waals surface area contributed by atoms with Crippen LogP contribution in [-0.2, 0) is 14.8 Å². The first kappa shape index (κ1) is 16.4. The third-order valence-corrected chi connectivity index (χ3v) is 5.92. The summed E-state index contributed by atoms with van der Waals surface area (Å²) in [7, 11) is -3.95. The molecule has 1 heterocycles. The van der Waals surface area contributed by atoms with E-state index in [4.69, 9.17) is 5.11 Å². The van der Waals surface area contributed by atoms with Crippen LogP contribution < -0.4 is 0 Å². The number of non-ortho nitro benzene ring substituents is 1. The minimum absolute atomic E-state index is 0.0977. The molecule has 1 atom stereocenters. The number of sulfonamides is 1. The molecule has 1 aromatic carbocycles. The van der Waals surface area contributed by atoms with Crippen LogP contribution in [0.15, 0.2) is 17.0 Å². The fourth-order valence-electron chi connectivity index (χ4n) is 2.47. The van der Waals surface area contributed by atoms with Crippen molar-refractivity contribution < 1.29 is 23.2 Å². The molecule has 0 spiro atoms. The smallest absolute Gasteiger partial charge is 0.307 e. The Kier molecular flexibility index (Phi) is 4.21. The van der Waals surface area contributed by atoms with Crippen LogP contribution in [0.25, 0.3) is 0 Å². The average Bonchev–Trinajstić information content (AvgIpc) is 2.91. The van der Waals surface area contributed by atoms with Gasteiger partial charge in [-0.1, -0.05) is 0 Å². The molecular formula is C13H16N2O6S. The van der Waals surface area contributed by atoms with E-state index in [9.17, 15) is 23.3 Å². The Bertz CT molecular complexity index is 743. The van der Waals surface area contributed by atoms with Crippen LogP contribution in [0.5, 0.6) is 0 Å². The molecule has 1 aliphatic heterocycles. The number of nitro groups is 1. The molecule has 1 fully saturated rings. The van der Waals surface area contributed by atoms with E-state index in [1.54, 1.807) is 13.8 Å². The average molecular weight is 328 g/mol. The van der Waals surface area contributed by atoms with Crippen molar-refractivity contribution in [1.29, 1.82) is 0 Å². The summed E-state index contributed by atoms with van der Waals surface area (Å²) in [5, 5.41) is 19.9. The van der Waals surface area contributed by atoms with Gasteiger partial charge in [-0.25, -0.2) is 8.42 Å². The van der Waals surface area contributed by atoms with E-state index >= 15 is 0 Å². The number of carbonyl (C=O) groups is 1. The summed E-state index contributed by atoms with van der Waals surface area (Å²) in [6.07, 6.45) is 0.238. The predicted molar refractivity (Wildman–Crippen MR) is 77.1 cm³/mol. The predicted octanol–water partition coefficient (Wildman–Crippen LogP) is 1.31. The number of aliphatic carboxylic acids is 1. The van der Waals surface area contributed by atoms with Crippen LogP contribution in [0.1, 0.15) is 17.5 Å². The van der Waals surface area contributed by atoms with E-state index < -0.39 is 26.8 Å². The summed E-state index contributed by atoms with van der Waals surface area (Å²) in [5.41, 5.74) is 0.641. The number of rotatable bonds is 4. The number of aryl methyl sites for hydroxylation is 1. The normalized spacial score (nSPS) is 19.3. The highest BCUT2D eigenvalue weighted by atomic mass is 32.2. The zero-order valence-corrected chi connectivity index (χ0v) is 13.0. The second kappa shape index (κ2) is 5.65. The fourth-order valence-corrected chi connectivity index (χ4v) is 4.29. The summed E-state index contributed by atoms with van der Waals surface area (Å²) in [5.74, 6) is -1.78. The van der Waals surface area contributed by atoms with Gasteiger partial charge >= 0.3 is 5.97 Å². The van der Waals surface area contributed by atoms with Gasteiger partial charge in [-0.15, -0.1) is 0 Å². The van der Waals surface area contributed by atoms with E-state index in [-0.39, 0.29) is 30.1 Å². The third-order valence-electron chi connectivity index (χ3n) is 3.93. The van der Waals surface area contributed by atoms with Crippen molar-refractivity contribution in [3.63, 3.8) is 0 Å². The van der Waals surface area contributed by atoms with Gasteiger partial charge in [-0.3, -0.25) is 14.9 Å². The second-order valence-electron chi connectivity index (χ2n) is 5.33. The molecule has 0 aromatic heterocycles. The molecule has 0 saturated carbocycles. The van der Waals surface area contributed by atoms with Gasteiger partial charge in [-0.2, -0.15) is 4.31 Å². The number of carboxylic acid groups (broad SMARTS) is 1. The molecule has 1 N–H and O–H groups in total. The number of hydrogen-bond acceptors (Lipinski definition) is 5. The summed E-state index contributed by atoms with van der Waals surface area (Å²) in [6.45, 7) is 3.17. The molecule has 0 radical (unpaired) electrons. The zero-order valence-electron chi connectivity index (χ0n) is 12.1. The van der Waals surface area contributed by atoms with Gasteiger partial charge in [0.25, 0.3) is 5.69 Å². The van der Waals surface area contributed by atoms with Gasteiger partial charge in [0.1, 0.15) is 0 Å². The van der Waals surface area contributed by atoms with Crippen molar-refractivity contribution in [1.82, 2.24) is 4.31 Å². The van der Waals surface area contributed by atoms with Gasteiger partial charge in [0.15, 0.2) is 0 Å². The van der Waals surface area contributed by atoms with Crippen molar-refractivity contribution in [2.75, 3.05) is 13.1 Å². The minimum atomic E-state index is -3.95. The Balaban J connectivity index is 2.46. The number of benzene rings is 1. The van der Waals surface area contributed by atoms with Crippen LogP contribution >= 0.6 is 0 Å². The SMILES string of the molecule is Cc1cc([N+](=O)[O-])cc(S(=O)(=O)N2CCC(C(=O)O)C2)c1C. The lowest BCUT2D eigenvalue weighted by molar-refractivity contribution is -0.385.